The molecule has 2 aromatic rings. The molecule has 0 atom stereocenters. The van der Waals surface area contributed by atoms with Gasteiger partial charge in [-0.05, 0) is 47.2 Å². The average molecular weight is 304 g/mol. The molecule has 0 aliphatic heterocycles. The molecular formula is C16H14F2N2O2-2. The molecular weight excluding hydrogens is 290 g/mol. The third-order valence-electron chi connectivity index (χ3n) is 4.18. The van der Waals surface area contributed by atoms with E-state index < -0.39 is 35.7 Å². The summed E-state index contributed by atoms with van der Waals surface area (Å²) in [5.41, 5.74) is 11.4. The number of halogens is 2. The molecule has 1 aliphatic carbocycles. The molecule has 0 spiro atoms. The van der Waals surface area contributed by atoms with Crippen molar-refractivity contribution in [1.82, 2.24) is 0 Å². The Labute approximate surface area is 126 Å². The molecule has 0 amide bonds. The molecule has 1 fully saturated rings. The number of benzene rings is 2. The highest BCUT2D eigenvalue weighted by atomic mass is 19.1. The van der Waals surface area contributed by atoms with Crippen molar-refractivity contribution in [3.63, 3.8) is 0 Å². The van der Waals surface area contributed by atoms with Gasteiger partial charge in [0.25, 0.3) is 0 Å². The zero-order chi connectivity index (χ0) is 16.0. The van der Waals surface area contributed by atoms with Crippen LogP contribution in [0.3, 0.4) is 0 Å². The van der Waals surface area contributed by atoms with Crippen LogP contribution in [0.5, 0.6) is 0 Å². The lowest BCUT2D eigenvalue weighted by Crippen LogP contribution is -2.64. The van der Waals surface area contributed by atoms with Crippen LogP contribution >= 0.6 is 0 Å². The van der Waals surface area contributed by atoms with Gasteiger partial charge in [-0.3, -0.25) is 0 Å². The summed E-state index contributed by atoms with van der Waals surface area (Å²) in [5, 5.41) is 24.7. The lowest BCUT2D eigenvalue weighted by molar-refractivity contribution is -0.536. The second-order valence-corrected chi connectivity index (χ2v) is 5.54. The maximum absolute atomic E-state index is 13.9. The Bertz CT molecular complexity index is 654. The summed E-state index contributed by atoms with van der Waals surface area (Å²) in [4.78, 5) is 0. The Morgan fingerprint density at radius 1 is 0.727 bits per heavy atom. The fourth-order valence-corrected chi connectivity index (χ4v) is 3.01. The van der Waals surface area contributed by atoms with Gasteiger partial charge in [0.15, 0.2) is 0 Å². The Kier molecular flexibility index (Phi) is 3.50. The van der Waals surface area contributed by atoms with Gasteiger partial charge in [0.2, 0.25) is 0 Å². The van der Waals surface area contributed by atoms with Crippen molar-refractivity contribution < 1.29 is 19.0 Å². The normalized spacial score (nSPS) is 27.5. The summed E-state index contributed by atoms with van der Waals surface area (Å²) < 4.78 is 27.8. The first-order valence-electron chi connectivity index (χ1n) is 6.81. The van der Waals surface area contributed by atoms with E-state index >= 15 is 0 Å². The predicted octanol–water partition coefficient (Wildman–Crippen LogP) is 0.468. The maximum Gasteiger partial charge on any atom is 0.128 e. The van der Waals surface area contributed by atoms with E-state index in [9.17, 15) is 19.0 Å². The van der Waals surface area contributed by atoms with Crippen LogP contribution in [0.2, 0.25) is 0 Å². The van der Waals surface area contributed by atoms with Crippen molar-refractivity contribution >= 4 is 11.4 Å². The molecule has 0 unspecified atom stereocenters. The van der Waals surface area contributed by atoms with E-state index in [0.29, 0.717) is 0 Å². The minimum atomic E-state index is -1.40. The summed E-state index contributed by atoms with van der Waals surface area (Å²) in [7, 11) is 0. The van der Waals surface area contributed by atoms with Crippen LogP contribution in [0, 0.1) is 11.6 Å². The van der Waals surface area contributed by atoms with Crippen molar-refractivity contribution in [2.75, 3.05) is 11.5 Å². The molecule has 4 nitrogen and oxygen atoms in total. The monoisotopic (exact) mass is 304 g/mol. The second kappa shape index (κ2) is 5.23. The quantitative estimate of drug-likeness (QED) is 0.788. The number of nitrogen functional groups attached to an aromatic ring is 2. The zero-order valence-corrected chi connectivity index (χ0v) is 11.5. The highest BCUT2D eigenvalue weighted by molar-refractivity contribution is 5.46. The molecule has 3 rings (SSSR count). The number of nitrogens with two attached hydrogens (primary N) is 2. The summed E-state index contributed by atoms with van der Waals surface area (Å²) in [6.45, 7) is 0. The first-order valence-corrected chi connectivity index (χ1v) is 6.81. The van der Waals surface area contributed by atoms with E-state index in [1.807, 2.05) is 0 Å². The molecule has 0 saturated heterocycles. The third-order valence-corrected chi connectivity index (χ3v) is 4.18. The van der Waals surface area contributed by atoms with E-state index in [4.69, 9.17) is 11.5 Å². The molecule has 0 bridgehead atoms. The van der Waals surface area contributed by atoms with Crippen LogP contribution in [0.4, 0.5) is 20.2 Å². The van der Waals surface area contributed by atoms with E-state index in [1.165, 1.54) is 24.3 Å². The van der Waals surface area contributed by atoms with Crippen molar-refractivity contribution in [3.8, 4) is 0 Å². The summed E-state index contributed by atoms with van der Waals surface area (Å²) in [6.07, 6.45) is -2.81. The van der Waals surface area contributed by atoms with E-state index in [-0.39, 0.29) is 22.5 Å². The number of anilines is 2. The molecule has 0 radical (unpaired) electrons. The summed E-state index contributed by atoms with van der Waals surface area (Å²) in [6, 6.07) is 7.73. The van der Waals surface area contributed by atoms with Crippen LogP contribution in [0.25, 0.3) is 0 Å². The Hall–Kier alpha value is -2.18. The van der Waals surface area contributed by atoms with Gasteiger partial charge in [-0.15, -0.1) is 12.2 Å². The van der Waals surface area contributed by atoms with E-state index in [1.54, 1.807) is 0 Å². The molecule has 4 N–H and O–H groups in total. The van der Waals surface area contributed by atoms with Gasteiger partial charge >= 0.3 is 0 Å². The SMILES string of the molecule is Nc1ccc(C2C([O-])C(c3ccc(N)cc3F)C2[O-])c(F)c1. The average Bonchev–Trinajstić information content (AvgIpc) is 2.45. The standard InChI is InChI=1S/C16H14F2N2O2/c17-11-5-7(19)1-3-9(11)13-15(21)14(16(13)22)10-4-2-8(20)6-12(10)18/h1-6,13-16H,19-20H2/q-2. The van der Waals surface area contributed by atoms with Crippen molar-refractivity contribution in [3.05, 3.63) is 59.2 Å². The molecule has 116 valence electrons. The summed E-state index contributed by atoms with van der Waals surface area (Å²) >= 11 is 0. The van der Waals surface area contributed by atoms with Gasteiger partial charge in [-0.25, -0.2) is 8.78 Å². The third kappa shape index (κ3) is 2.20. The lowest BCUT2D eigenvalue weighted by atomic mass is 9.63. The fourth-order valence-electron chi connectivity index (χ4n) is 3.01. The maximum atomic E-state index is 13.9. The highest BCUT2D eigenvalue weighted by Gasteiger charge is 2.40. The Balaban J connectivity index is 1.91. The van der Waals surface area contributed by atoms with Gasteiger partial charge in [-0.1, -0.05) is 12.1 Å². The minimum absolute atomic E-state index is 0.0429. The van der Waals surface area contributed by atoms with Crippen molar-refractivity contribution in [2.45, 2.75) is 24.0 Å². The van der Waals surface area contributed by atoms with Gasteiger partial charge in [0.1, 0.15) is 11.6 Å². The smallest absolute Gasteiger partial charge is 0.128 e. The molecule has 22 heavy (non-hydrogen) atoms. The highest BCUT2D eigenvalue weighted by Crippen LogP contribution is 2.46. The Morgan fingerprint density at radius 2 is 1.09 bits per heavy atom. The number of hydrogen-bond acceptors (Lipinski definition) is 4. The van der Waals surface area contributed by atoms with Crippen LogP contribution < -0.4 is 21.7 Å². The molecule has 0 heterocycles. The van der Waals surface area contributed by atoms with Crippen LogP contribution in [-0.4, -0.2) is 12.2 Å². The minimum Gasteiger partial charge on any atom is -0.851 e. The molecule has 1 aliphatic rings. The van der Waals surface area contributed by atoms with Gasteiger partial charge in [0, 0.05) is 11.4 Å². The summed E-state index contributed by atoms with van der Waals surface area (Å²) in [5.74, 6) is -3.43. The van der Waals surface area contributed by atoms with E-state index in [2.05, 4.69) is 0 Å². The molecule has 1 saturated carbocycles. The van der Waals surface area contributed by atoms with Crippen LogP contribution in [-0.2, 0) is 0 Å². The second-order valence-electron chi connectivity index (χ2n) is 5.54. The topological polar surface area (TPSA) is 98.2 Å². The van der Waals surface area contributed by atoms with Gasteiger partial charge in [0.05, 0.1) is 0 Å². The van der Waals surface area contributed by atoms with Gasteiger partial charge in [-0.2, -0.15) is 0 Å². The van der Waals surface area contributed by atoms with Crippen LogP contribution in [0.1, 0.15) is 23.0 Å². The van der Waals surface area contributed by atoms with E-state index in [0.717, 1.165) is 12.1 Å². The molecule has 0 aromatic heterocycles. The zero-order valence-electron chi connectivity index (χ0n) is 11.5. The largest absolute Gasteiger partial charge is 0.851 e. The first-order chi connectivity index (χ1) is 10.4. The van der Waals surface area contributed by atoms with Crippen molar-refractivity contribution in [1.29, 1.82) is 0 Å². The van der Waals surface area contributed by atoms with Crippen LogP contribution in [0.15, 0.2) is 36.4 Å². The Morgan fingerprint density at radius 3 is 1.41 bits per heavy atom. The predicted molar refractivity (Wildman–Crippen MR) is 74.7 cm³/mol. The number of rotatable bonds is 2. The first kappa shape index (κ1) is 14.7. The lowest BCUT2D eigenvalue weighted by Gasteiger charge is -2.61. The fraction of sp³-hybridized carbons (Fsp3) is 0.250. The van der Waals surface area contributed by atoms with Crippen molar-refractivity contribution in [2.24, 2.45) is 0 Å². The molecule has 6 heteroatoms. The van der Waals surface area contributed by atoms with Gasteiger partial charge < -0.3 is 21.7 Å². The molecule has 2 aromatic carbocycles. The number of hydrogen-bond donors (Lipinski definition) is 2.